The number of aromatic hydroxyl groups is 3. The monoisotopic (exact) mass is 766 g/mol. The van der Waals surface area contributed by atoms with E-state index in [1.54, 1.807) is 62.0 Å². The van der Waals surface area contributed by atoms with E-state index in [1.165, 1.54) is 5.56 Å². The molecule has 0 spiro atoms. The van der Waals surface area contributed by atoms with Crippen LogP contribution in [0.25, 0.3) is 10.8 Å². The third-order valence-electron chi connectivity index (χ3n) is 11.7. The predicted molar refractivity (Wildman–Crippen MR) is 223 cm³/mol. The molecule has 6 aromatic rings. The van der Waals surface area contributed by atoms with Crippen molar-refractivity contribution in [3.05, 3.63) is 148 Å². The number of methoxy groups -OCH3 is 1. The molecule has 1 aliphatic carbocycles. The van der Waals surface area contributed by atoms with Crippen molar-refractivity contribution in [1.82, 2.24) is 4.98 Å². The maximum absolute atomic E-state index is 14.5. The molecule has 57 heavy (non-hydrogen) atoms. The van der Waals surface area contributed by atoms with Crippen LogP contribution in [-0.4, -0.2) is 45.5 Å². The van der Waals surface area contributed by atoms with E-state index in [1.807, 2.05) is 30.3 Å². The fourth-order valence-electron chi connectivity index (χ4n) is 8.61. The largest absolute Gasteiger partial charge is 0.670 e. The molecular formula is C49H52NO7-. The fourth-order valence-corrected chi connectivity index (χ4v) is 8.61. The molecule has 296 valence electrons. The first kappa shape index (κ1) is 39.5. The van der Waals surface area contributed by atoms with E-state index in [-0.39, 0.29) is 42.0 Å². The smallest absolute Gasteiger partial charge is 0.164 e. The number of aromatic nitrogens is 1. The topological polar surface area (TPSA) is 131 Å². The van der Waals surface area contributed by atoms with E-state index in [4.69, 9.17) is 9.47 Å². The highest BCUT2D eigenvalue weighted by atomic mass is 16.5. The van der Waals surface area contributed by atoms with Gasteiger partial charge in [0.15, 0.2) is 23.0 Å². The van der Waals surface area contributed by atoms with Gasteiger partial charge in [-0.2, -0.15) is 12.4 Å². The van der Waals surface area contributed by atoms with Gasteiger partial charge in [-0.15, -0.1) is 0 Å². The lowest BCUT2D eigenvalue weighted by molar-refractivity contribution is -0.123. The number of ketones is 1. The molecule has 0 saturated heterocycles. The van der Waals surface area contributed by atoms with Crippen molar-refractivity contribution >= 4 is 16.6 Å². The van der Waals surface area contributed by atoms with Gasteiger partial charge in [0.2, 0.25) is 0 Å². The SMILES string of the molecule is CCc1ccc2ccccc2c1Cc1c(C[C@H](Cc2cc[n-]c2)[C@H](O)CC(=O)[C@H](Cc2ccc(O)c(OC3CCCC3)c2)c2cccc(O)c2)ccc(O)c1OC. The van der Waals surface area contributed by atoms with Crippen LogP contribution < -0.4 is 14.5 Å². The lowest BCUT2D eigenvalue weighted by Gasteiger charge is -2.27. The number of Topliss-reactive ketones (excluding diaryl/α,β-unsaturated/α-hetero) is 1. The van der Waals surface area contributed by atoms with Crippen molar-refractivity contribution in [3.8, 4) is 28.7 Å². The average molecular weight is 767 g/mol. The molecule has 0 bridgehead atoms. The Bertz CT molecular complexity index is 2290. The van der Waals surface area contributed by atoms with E-state index in [0.29, 0.717) is 36.3 Å². The summed E-state index contributed by atoms with van der Waals surface area (Å²) in [6.07, 6.45) is 8.99. The molecule has 1 fully saturated rings. The molecule has 7 rings (SSSR count). The molecule has 4 N–H and O–H groups in total. The second-order valence-corrected chi connectivity index (χ2v) is 15.5. The van der Waals surface area contributed by atoms with Crippen molar-refractivity contribution < 1.29 is 34.7 Å². The van der Waals surface area contributed by atoms with Gasteiger partial charge in [0.05, 0.1) is 19.3 Å². The minimum atomic E-state index is -1.04. The van der Waals surface area contributed by atoms with Crippen LogP contribution in [0.2, 0.25) is 0 Å². The summed E-state index contributed by atoms with van der Waals surface area (Å²) in [5.41, 5.74) is 6.52. The van der Waals surface area contributed by atoms with Crippen LogP contribution in [0, 0.1) is 5.92 Å². The molecule has 1 heterocycles. The lowest BCUT2D eigenvalue weighted by atomic mass is 9.80. The number of carbonyl (C=O) groups excluding carboxylic acids is 1. The Kier molecular flexibility index (Phi) is 12.5. The van der Waals surface area contributed by atoms with Gasteiger partial charge < -0.3 is 34.9 Å². The van der Waals surface area contributed by atoms with Gasteiger partial charge in [0.1, 0.15) is 11.5 Å². The second-order valence-electron chi connectivity index (χ2n) is 15.5. The molecule has 1 saturated carbocycles. The summed E-state index contributed by atoms with van der Waals surface area (Å²) in [5, 5.41) is 46.6. The molecule has 0 amide bonds. The highest BCUT2D eigenvalue weighted by molar-refractivity contribution is 5.88. The van der Waals surface area contributed by atoms with Crippen LogP contribution in [-0.2, 0) is 36.9 Å². The molecule has 5 aromatic carbocycles. The average Bonchev–Trinajstić information content (AvgIpc) is 3.94. The zero-order valence-electron chi connectivity index (χ0n) is 32.7. The number of aryl methyl sites for hydroxylation is 1. The summed E-state index contributed by atoms with van der Waals surface area (Å²) in [4.78, 5) is 18.8. The molecular weight excluding hydrogens is 715 g/mol. The van der Waals surface area contributed by atoms with E-state index < -0.39 is 17.9 Å². The van der Waals surface area contributed by atoms with Gasteiger partial charge in [-0.05, 0) is 126 Å². The summed E-state index contributed by atoms with van der Waals surface area (Å²) < 4.78 is 12.0. The number of ether oxygens (including phenoxy) is 2. The summed E-state index contributed by atoms with van der Waals surface area (Å²) >= 11 is 0. The molecule has 3 atom stereocenters. The Morgan fingerprint density at radius 1 is 0.807 bits per heavy atom. The zero-order valence-corrected chi connectivity index (χ0v) is 32.7. The van der Waals surface area contributed by atoms with Crippen LogP contribution in [0.5, 0.6) is 28.7 Å². The molecule has 8 nitrogen and oxygen atoms in total. The van der Waals surface area contributed by atoms with E-state index >= 15 is 0 Å². The number of nitrogens with zero attached hydrogens (tertiary/aromatic N) is 1. The number of aliphatic hydroxyl groups excluding tert-OH is 1. The van der Waals surface area contributed by atoms with Gasteiger partial charge in [-0.3, -0.25) is 4.79 Å². The van der Waals surface area contributed by atoms with E-state index in [9.17, 15) is 25.2 Å². The lowest BCUT2D eigenvalue weighted by Crippen LogP contribution is -2.30. The van der Waals surface area contributed by atoms with Crippen LogP contribution in [0.15, 0.2) is 109 Å². The minimum Gasteiger partial charge on any atom is -0.670 e. The second kappa shape index (κ2) is 18.0. The van der Waals surface area contributed by atoms with Gasteiger partial charge in [-0.1, -0.05) is 79.2 Å². The third-order valence-corrected chi connectivity index (χ3v) is 11.7. The summed E-state index contributed by atoms with van der Waals surface area (Å²) in [6.45, 7) is 2.14. The first-order valence-corrected chi connectivity index (χ1v) is 20.1. The highest BCUT2D eigenvalue weighted by Crippen LogP contribution is 2.39. The highest BCUT2D eigenvalue weighted by Gasteiger charge is 2.30. The molecule has 1 aliphatic rings. The first-order valence-electron chi connectivity index (χ1n) is 20.1. The normalized spacial score (nSPS) is 14.7. The van der Waals surface area contributed by atoms with E-state index in [2.05, 4.69) is 36.2 Å². The van der Waals surface area contributed by atoms with Crippen LogP contribution in [0.1, 0.15) is 83.9 Å². The molecule has 0 aliphatic heterocycles. The summed E-state index contributed by atoms with van der Waals surface area (Å²) in [7, 11) is 1.56. The number of hydrogen-bond donors (Lipinski definition) is 4. The van der Waals surface area contributed by atoms with Crippen molar-refractivity contribution in [3.63, 3.8) is 0 Å². The molecule has 0 unspecified atom stereocenters. The number of fused-ring (bicyclic) bond motifs is 1. The number of phenolic OH excluding ortho intramolecular Hbond substituents is 3. The Labute approximate surface area is 334 Å². The number of phenols is 3. The number of benzene rings is 5. The Hall–Kier alpha value is -5.73. The van der Waals surface area contributed by atoms with Gasteiger partial charge >= 0.3 is 0 Å². The quantitative estimate of drug-likeness (QED) is 0.0724. The van der Waals surface area contributed by atoms with Crippen molar-refractivity contribution in [2.45, 2.75) is 89.3 Å². The Morgan fingerprint density at radius 2 is 1.60 bits per heavy atom. The predicted octanol–water partition coefficient (Wildman–Crippen LogP) is 9.14. The van der Waals surface area contributed by atoms with E-state index in [0.717, 1.165) is 70.7 Å². The van der Waals surface area contributed by atoms with Crippen LogP contribution in [0.4, 0.5) is 0 Å². The van der Waals surface area contributed by atoms with Crippen molar-refractivity contribution in [2.24, 2.45) is 5.92 Å². The van der Waals surface area contributed by atoms with Crippen LogP contribution >= 0.6 is 0 Å². The summed E-state index contributed by atoms with van der Waals surface area (Å²) in [6, 6.07) is 30.0. The molecule has 1 aromatic heterocycles. The van der Waals surface area contributed by atoms with Gasteiger partial charge in [0.25, 0.3) is 0 Å². The Morgan fingerprint density at radius 3 is 2.35 bits per heavy atom. The third kappa shape index (κ3) is 9.29. The van der Waals surface area contributed by atoms with Crippen LogP contribution in [0.3, 0.4) is 0 Å². The number of hydrogen-bond acceptors (Lipinski definition) is 7. The zero-order chi connectivity index (χ0) is 39.9. The molecule has 0 radical (unpaired) electrons. The van der Waals surface area contributed by atoms with Gasteiger partial charge in [0, 0.05) is 24.3 Å². The Balaban J connectivity index is 1.20. The van der Waals surface area contributed by atoms with Crippen molar-refractivity contribution in [1.29, 1.82) is 0 Å². The molecule has 8 heteroatoms. The number of carbonyl (C=O) groups is 1. The maximum Gasteiger partial charge on any atom is 0.164 e. The van der Waals surface area contributed by atoms with Crippen molar-refractivity contribution in [2.75, 3.05) is 7.11 Å². The maximum atomic E-state index is 14.5. The summed E-state index contributed by atoms with van der Waals surface area (Å²) in [5.74, 6) is -0.291. The number of rotatable bonds is 17. The minimum absolute atomic E-state index is 0.0435. The van der Waals surface area contributed by atoms with Gasteiger partial charge in [-0.25, -0.2) is 0 Å². The standard InChI is InChI=1S/C49H52NO7/c1-3-33-16-17-34-9-4-7-14-40(34)41(33)28-43-36(18-20-45(53)49(43)56-2)26-37(23-32-21-22-50-30-32)46(54)29-47(55)42(35-10-8-11-38(51)27-35)24-31-15-19-44(52)48(25-31)57-39-12-5-6-13-39/h4,7-11,14-22,25,27,30,37,39,42,46,51-54H,3,5-6,12-13,23-24,26,28-29H2,1-2H3/q-1/t37-,42+,46+/m0/s1. The first-order chi connectivity index (χ1) is 27.7. The fraction of sp³-hybridized carbons (Fsp3) is 0.327. The number of aliphatic hydroxyl groups is 1.